The average molecular weight is 322 g/mol. The minimum Gasteiger partial charge on any atom is -0.477 e. The Kier molecular flexibility index (Phi) is 4.99. The van der Waals surface area contributed by atoms with Crippen molar-refractivity contribution in [1.82, 2.24) is 4.98 Å². The van der Waals surface area contributed by atoms with Crippen molar-refractivity contribution in [3.8, 4) is 11.8 Å². The van der Waals surface area contributed by atoms with Crippen LogP contribution in [0.1, 0.15) is 10.4 Å². The highest BCUT2D eigenvalue weighted by molar-refractivity contribution is 6.41. The number of rotatable bonds is 4. The van der Waals surface area contributed by atoms with Crippen LogP contribution in [0.3, 0.4) is 0 Å². The van der Waals surface area contributed by atoms with E-state index in [0.717, 1.165) is 0 Å². The molecule has 0 aliphatic rings. The molecule has 2 aromatic rings. The molecule has 0 radical (unpaired) electrons. The van der Waals surface area contributed by atoms with Gasteiger partial charge < -0.3 is 10.1 Å². The minimum absolute atomic E-state index is 0.110. The van der Waals surface area contributed by atoms with E-state index in [1.807, 2.05) is 6.07 Å². The Morgan fingerprint density at radius 1 is 1.38 bits per heavy atom. The van der Waals surface area contributed by atoms with Crippen LogP contribution in [-0.2, 0) is 0 Å². The Morgan fingerprint density at radius 3 is 2.86 bits per heavy atom. The van der Waals surface area contributed by atoms with E-state index in [2.05, 4.69) is 10.3 Å². The Hall–Kier alpha value is -2.29. The predicted octanol–water partition coefficient (Wildman–Crippen LogP) is 3.54. The second-order valence-corrected chi connectivity index (χ2v) is 4.66. The van der Waals surface area contributed by atoms with Crippen LogP contribution in [0.5, 0.6) is 5.75 Å². The van der Waals surface area contributed by atoms with Gasteiger partial charge in [-0.25, -0.2) is 4.98 Å². The van der Waals surface area contributed by atoms with Gasteiger partial charge in [0.25, 0.3) is 5.91 Å². The van der Waals surface area contributed by atoms with Crippen LogP contribution >= 0.6 is 23.2 Å². The molecule has 5 nitrogen and oxygen atoms in total. The number of carbonyl (C=O) groups is 1. The molecule has 0 spiro atoms. The van der Waals surface area contributed by atoms with Crippen LogP contribution in [0.4, 0.5) is 5.69 Å². The minimum atomic E-state index is -0.408. The zero-order chi connectivity index (χ0) is 15.2. The molecule has 2 rings (SSSR count). The first kappa shape index (κ1) is 15.1. The molecule has 0 fully saturated rings. The fraction of sp³-hybridized carbons (Fsp3) is 0.0714. The highest BCUT2D eigenvalue weighted by Crippen LogP contribution is 2.25. The number of hydrogen-bond acceptors (Lipinski definition) is 4. The first-order valence-electron chi connectivity index (χ1n) is 5.83. The molecule has 1 heterocycles. The molecule has 0 saturated heterocycles. The number of nitriles is 1. The van der Waals surface area contributed by atoms with Crippen LogP contribution in [-0.4, -0.2) is 17.5 Å². The quantitative estimate of drug-likeness (QED) is 0.874. The topological polar surface area (TPSA) is 75.0 Å². The van der Waals surface area contributed by atoms with Gasteiger partial charge in [-0.3, -0.25) is 4.79 Å². The molecule has 7 heteroatoms. The van der Waals surface area contributed by atoms with Crippen molar-refractivity contribution < 1.29 is 9.53 Å². The molecule has 106 valence electrons. The molecule has 1 N–H and O–H groups in total. The van der Waals surface area contributed by atoms with Gasteiger partial charge in [-0.05, 0) is 18.2 Å². The van der Waals surface area contributed by atoms with Crippen molar-refractivity contribution in [2.24, 2.45) is 0 Å². The van der Waals surface area contributed by atoms with Crippen LogP contribution in [0.25, 0.3) is 0 Å². The molecule has 0 aliphatic carbocycles. The van der Waals surface area contributed by atoms with Crippen LogP contribution < -0.4 is 10.1 Å². The number of carbonyl (C=O) groups excluding carboxylic acids is 1. The van der Waals surface area contributed by atoms with Gasteiger partial charge in [0.05, 0.1) is 16.3 Å². The lowest BCUT2D eigenvalue weighted by Gasteiger charge is -2.10. The number of pyridine rings is 1. The number of halogens is 2. The summed E-state index contributed by atoms with van der Waals surface area (Å²) in [6.45, 7) is -0.110. The summed E-state index contributed by atoms with van der Waals surface area (Å²) in [4.78, 5) is 15.9. The maximum Gasteiger partial charge on any atom is 0.257 e. The zero-order valence-electron chi connectivity index (χ0n) is 10.6. The zero-order valence-corrected chi connectivity index (χ0v) is 12.1. The van der Waals surface area contributed by atoms with Crippen molar-refractivity contribution in [2.75, 3.05) is 11.9 Å². The molecule has 0 aliphatic heterocycles. The predicted molar refractivity (Wildman–Crippen MR) is 79.8 cm³/mol. The molecule has 0 saturated carbocycles. The van der Waals surface area contributed by atoms with Crippen molar-refractivity contribution >= 4 is 34.8 Å². The third kappa shape index (κ3) is 3.85. The first-order valence-corrected chi connectivity index (χ1v) is 6.58. The number of para-hydroxylation sites is 2. The third-order valence-electron chi connectivity index (χ3n) is 2.49. The van der Waals surface area contributed by atoms with E-state index in [9.17, 15) is 4.79 Å². The van der Waals surface area contributed by atoms with Crippen molar-refractivity contribution in [3.05, 3.63) is 52.3 Å². The van der Waals surface area contributed by atoms with Gasteiger partial charge in [-0.2, -0.15) is 5.26 Å². The van der Waals surface area contributed by atoms with Gasteiger partial charge in [0.1, 0.15) is 17.0 Å². The largest absolute Gasteiger partial charge is 0.477 e. The highest BCUT2D eigenvalue weighted by atomic mass is 35.5. The van der Waals surface area contributed by atoms with Crippen LogP contribution in [0, 0.1) is 11.3 Å². The van der Waals surface area contributed by atoms with Gasteiger partial charge in [-0.15, -0.1) is 0 Å². The molecular formula is C14H9Cl2N3O2. The summed E-state index contributed by atoms with van der Waals surface area (Å²) in [5.74, 6) is -0.00510. The van der Waals surface area contributed by atoms with Gasteiger partial charge in [0, 0.05) is 6.20 Å². The molecular weight excluding hydrogens is 313 g/mol. The number of nitrogens with one attached hydrogen (secondary N) is 1. The number of nitrogens with zero attached hydrogens (tertiary/aromatic N) is 2. The molecule has 0 bridgehead atoms. The Balaban J connectivity index is 2.19. The molecule has 1 amide bonds. The molecule has 21 heavy (non-hydrogen) atoms. The summed E-state index contributed by atoms with van der Waals surface area (Å²) in [6, 6.07) is 10.1. The Labute approximate surface area is 131 Å². The number of hydrogen-bond donors (Lipinski definition) is 1. The molecule has 1 aromatic heterocycles. The Bertz CT molecular complexity index is 714. The van der Waals surface area contributed by atoms with E-state index >= 15 is 0 Å². The standard InChI is InChI=1S/C14H9Cl2N3O2/c15-10-7-9(8-18-13(10)16)14(20)19-11-3-1-2-4-12(11)21-6-5-17/h1-4,7-8H,6H2,(H,19,20). The van der Waals surface area contributed by atoms with Crippen molar-refractivity contribution in [1.29, 1.82) is 5.26 Å². The summed E-state index contributed by atoms with van der Waals surface area (Å²) in [5.41, 5.74) is 0.711. The lowest BCUT2D eigenvalue weighted by Crippen LogP contribution is -2.13. The fourth-order valence-electron chi connectivity index (χ4n) is 1.55. The summed E-state index contributed by atoms with van der Waals surface area (Å²) in [5, 5.41) is 11.5. The second kappa shape index (κ2) is 6.93. The molecule has 1 aromatic carbocycles. The van der Waals surface area contributed by atoms with Gasteiger partial charge in [0.2, 0.25) is 0 Å². The van der Waals surface area contributed by atoms with E-state index in [0.29, 0.717) is 11.4 Å². The fourth-order valence-corrected chi connectivity index (χ4v) is 1.82. The van der Waals surface area contributed by atoms with Crippen molar-refractivity contribution in [3.63, 3.8) is 0 Å². The summed E-state index contributed by atoms with van der Waals surface area (Å²) in [7, 11) is 0. The summed E-state index contributed by atoms with van der Waals surface area (Å²) in [6.07, 6.45) is 1.32. The number of benzene rings is 1. The maximum atomic E-state index is 12.1. The Morgan fingerprint density at radius 2 is 2.14 bits per heavy atom. The number of aromatic nitrogens is 1. The number of anilines is 1. The normalized spacial score (nSPS) is 9.76. The number of ether oxygens (including phenoxy) is 1. The lowest BCUT2D eigenvalue weighted by atomic mass is 10.2. The van der Waals surface area contributed by atoms with Gasteiger partial charge >= 0.3 is 0 Å². The van der Waals surface area contributed by atoms with E-state index in [1.165, 1.54) is 12.3 Å². The van der Waals surface area contributed by atoms with Crippen molar-refractivity contribution in [2.45, 2.75) is 0 Å². The lowest BCUT2D eigenvalue weighted by molar-refractivity contribution is 0.102. The van der Waals surface area contributed by atoms with Gasteiger partial charge in [-0.1, -0.05) is 35.3 Å². The van der Waals surface area contributed by atoms with E-state index in [1.54, 1.807) is 24.3 Å². The monoisotopic (exact) mass is 321 g/mol. The second-order valence-electron chi connectivity index (χ2n) is 3.89. The average Bonchev–Trinajstić information content (AvgIpc) is 2.49. The van der Waals surface area contributed by atoms with E-state index in [4.69, 9.17) is 33.2 Å². The van der Waals surface area contributed by atoms with Crippen LogP contribution in [0.2, 0.25) is 10.2 Å². The van der Waals surface area contributed by atoms with E-state index in [-0.39, 0.29) is 22.3 Å². The number of amides is 1. The third-order valence-corrected chi connectivity index (χ3v) is 3.17. The first-order chi connectivity index (χ1) is 10.1. The maximum absolute atomic E-state index is 12.1. The SMILES string of the molecule is N#CCOc1ccccc1NC(=O)c1cnc(Cl)c(Cl)c1. The van der Waals surface area contributed by atoms with Crippen LogP contribution in [0.15, 0.2) is 36.5 Å². The summed E-state index contributed by atoms with van der Waals surface area (Å²) < 4.78 is 5.23. The molecule has 0 atom stereocenters. The summed E-state index contributed by atoms with van der Waals surface area (Å²) >= 11 is 11.5. The smallest absolute Gasteiger partial charge is 0.257 e. The van der Waals surface area contributed by atoms with E-state index < -0.39 is 5.91 Å². The highest BCUT2D eigenvalue weighted by Gasteiger charge is 2.12. The molecule has 0 unspecified atom stereocenters. The van der Waals surface area contributed by atoms with Gasteiger partial charge in [0.15, 0.2) is 6.61 Å².